The SMILES string of the molecule is COC(CNC(=O)C(=O)Nc1cc(F)ccc1F)c1ccccc1Cl. The maximum Gasteiger partial charge on any atom is 0.313 e. The van der Waals surface area contributed by atoms with Crippen LogP contribution in [0.4, 0.5) is 14.5 Å². The Balaban J connectivity index is 1.98. The fourth-order valence-corrected chi connectivity index (χ4v) is 2.35. The molecule has 2 amide bonds. The van der Waals surface area contributed by atoms with Gasteiger partial charge in [-0.3, -0.25) is 9.59 Å². The van der Waals surface area contributed by atoms with E-state index in [2.05, 4.69) is 5.32 Å². The number of rotatable bonds is 5. The molecule has 0 aromatic heterocycles. The highest BCUT2D eigenvalue weighted by Gasteiger charge is 2.19. The second-order valence-corrected chi connectivity index (χ2v) is 5.44. The Morgan fingerprint density at radius 2 is 1.88 bits per heavy atom. The lowest BCUT2D eigenvalue weighted by Gasteiger charge is -2.17. The van der Waals surface area contributed by atoms with Gasteiger partial charge >= 0.3 is 11.8 Å². The molecule has 0 spiro atoms. The number of nitrogens with one attached hydrogen (secondary N) is 2. The van der Waals surface area contributed by atoms with Crippen LogP contribution in [-0.2, 0) is 14.3 Å². The number of carbonyl (C=O) groups excluding carboxylic acids is 2. The molecule has 8 heteroatoms. The maximum absolute atomic E-state index is 13.5. The molecule has 0 heterocycles. The van der Waals surface area contributed by atoms with Crippen molar-refractivity contribution in [1.82, 2.24) is 5.32 Å². The van der Waals surface area contributed by atoms with Crippen molar-refractivity contribution in [1.29, 1.82) is 0 Å². The number of methoxy groups -OCH3 is 1. The third kappa shape index (κ3) is 4.98. The van der Waals surface area contributed by atoms with Gasteiger partial charge < -0.3 is 15.4 Å². The van der Waals surface area contributed by atoms with Crippen LogP contribution in [0.5, 0.6) is 0 Å². The number of ether oxygens (including phenoxy) is 1. The minimum atomic E-state index is -1.13. The highest BCUT2D eigenvalue weighted by atomic mass is 35.5. The summed E-state index contributed by atoms with van der Waals surface area (Å²) in [7, 11) is 1.43. The first-order valence-corrected chi connectivity index (χ1v) is 7.61. The van der Waals surface area contributed by atoms with E-state index in [0.717, 1.165) is 18.2 Å². The average Bonchev–Trinajstić information content (AvgIpc) is 2.59. The summed E-state index contributed by atoms with van der Waals surface area (Å²) in [6.07, 6.45) is -0.573. The van der Waals surface area contributed by atoms with Gasteiger partial charge in [-0.25, -0.2) is 8.78 Å². The molecule has 132 valence electrons. The number of benzene rings is 2. The number of amides is 2. The second-order valence-electron chi connectivity index (χ2n) is 5.03. The van der Waals surface area contributed by atoms with Crippen LogP contribution in [-0.4, -0.2) is 25.5 Å². The number of hydrogen-bond acceptors (Lipinski definition) is 3. The van der Waals surface area contributed by atoms with Gasteiger partial charge in [0.2, 0.25) is 0 Å². The quantitative estimate of drug-likeness (QED) is 0.797. The summed E-state index contributed by atoms with van der Waals surface area (Å²) in [4.78, 5) is 23.7. The third-order valence-corrected chi connectivity index (χ3v) is 3.71. The Kier molecular flexibility index (Phi) is 6.44. The summed E-state index contributed by atoms with van der Waals surface area (Å²) in [6.45, 7) is -0.0296. The van der Waals surface area contributed by atoms with Crippen molar-refractivity contribution < 1.29 is 23.1 Å². The Morgan fingerprint density at radius 1 is 1.16 bits per heavy atom. The minimum absolute atomic E-state index is 0.0296. The van der Waals surface area contributed by atoms with Crippen LogP contribution in [0.3, 0.4) is 0 Å². The molecule has 2 rings (SSSR count). The van der Waals surface area contributed by atoms with Crippen LogP contribution in [0.15, 0.2) is 42.5 Å². The molecule has 0 bridgehead atoms. The Morgan fingerprint density at radius 3 is 2.56 bits per heavy atom. The van der Waals surface area contributed by atoms with Crippen molar-refractivity contribution in [3.05, 3.63) is 64.7 Å². The standard InChI is InChI=1S/C17H15ClF2N2O3/c1-25-15(11-4-2-3-5-12(11)18)9-21-16(23)17(24)22-14-8-10(19)6-7-13(14)20/h2-8,15H,9H2,1H3,(H,21,23)(H,22,24). The normalized spacial score (nSPS) is 11.7. The zero-order chi connectivity index (χ0) is 18.4. The predicted octanol–water partition coefficient (Wildman–Crippen LogP) is 3.06. The third-order valence-electron chi connectivity index (χ3n) is 3.37. The van der Waals surface area contributed by atoms with Gasteiger partial charge in [-0.1, -0.05) is 29.8 Å². The van der Waals surface area contributed by atoms with Crippen molar-refractivity contribution in [3.8, 4) is 0 Å². The van der Waals surface area contributed by atoms with Crippen molar-refractivity contribution in [2.24, 2.45) is 0 Å². The van der Waals surface area contributed by atoms with Crippen molar-refractivity contribution in [2.75, 3.05) is 19.0 Å². The average molecular weight is 369 g/mol. The second kappa shape index (κ2) is 8.55. The summed E-state index contributed by atoms with van der Waals surface area (Å²) in [5, 5.41) is 4.83. The highest BCUT2D eigenvalue weighted by Crippen LogP contribution is 2.24. The van der Waals surface area contributed by atoms with Crippen molar-refractivity contribution in [2.45, 2.75) is 6.10 Å². The van der Waals surface area contributed by atoms with E-state index in [1.54, 1.807) is 24.3 Å². The molecule has 1 atom stereocenters. The number of carbonyl (C=O) groups is 2. The van der Waals surface area contributed by atoms with E-state index in [1.165, 1.54) is 7.11 Å². The van der Waals surface area contributed by atoms with Gasteiger partial charge in [0.05, 0.1) is 5.69 Å². The molecule has 5 nitrogen and oxygen atoms in total. The highest BCUT2D eigenvalue weighted by molar-refractivity contribution is 6.39. The zero-order valence-corrected chi connectivity index (χ0v) is 13.9. The summed E-state index contributed by atoms with van der Waals surface area (Å²) < 4.78 is 31.8. The van der Waals surface area contributed by atoms with Crippen LogP contribution < -0.4 is 10.6 Å². The Hall–Kier alpha value is -2.51. The van der Waals surface area contributed by atoms with Gasteiger partial charge in [-0.05, 0) is 18.2 Å². The largest absolute Gasteiger partial charge is 0.375 e. The van der Waals surface area contributed by atoms with Gasteiger partial charge in [0.25, 0.3) is 0 Å². The Bertz CT molecular complexity index is 786. The summed E-state index contributed by atoms with van der Waals surface area (Å²) in [6, 6.07) is 9.43. The van der Waals surface area contributed by atoms with Gasteiger partial charge in [0, 0.05) is 30.3 Å². The summed E-state index contributed by atoms with van der Waals surface area (Å²) in [5.74, 6) is -3.74. The molecule has 0 radical (unpaired) electrons. The van der Waals surface area contributed by atoms with Crippen LogP contribution in [0.1, 0.15) is 11.7 Å². The molecule has 1 unspecified atom stereocenters. The summed E-state index contributed by atoms with van der Waals surface area (Å²) in [5.41, 5.74) is 0.220. The first-order chi connectivity index (χ1) is 11.9. The zero-order valence-electron chi connectivity index (χ0n) is 13.2. The van der Waals surface area contributed by atoms with E-state index in [1.807, 2.05) is 5.32 Å². The van der Waals surface area contributed by atoms with E-state index in [0.29, 0.717) is 10.6 Å². The van der Waals surface area contributed by atoms with E-state index < -0.39 is 35.2 Å². The molecule has 2 aromatic carbocycles. The van der Waals surface area contributed by atoms with Gasteiger partial charge in [-0.15, -0.1) is 0 Å². The van der Waals surface area contributed by atoms with E-state index in [9.17, 15) is 18.4 Å². The van der Waals surface area contributed by atoms with E-state index in [-0.39, 0.29) is 6.54 Å². The fourth-order valence-electron chi connectivity index (χ4n) is 2.09. The molecule has 2 N–H and O–H groups in total. The lowest BCUT2D eigenvalue weighted by molar-refractivity contribution is -0.136. The molecule has 0 saturated heterocycles. The maximum atomic E-state index is 13.5. The van der Waals surface area contributed by atoms with Crippen molar-refractivity contribution >= 4 is 29.1 Å². The monoisotopic (exact) mass is 368 g/mol. The lowest BCUT2D eigenvalue weighted by atomic mass is 10.1. The lowest BCUT2D eigenvalue weighted by Crippen LogP contribution is -2.38. The molecule has 2 aromatic rings. The van der Waals surface area contributed by atoms with Crippen LogP contribution >= 0.6 is 11.6 Å². The molecule has 0 fully saturated rings. The summed E-state index contributed by atoms with van der Waals surface area (Å²) >= 11 is 6.07. The van der Waals surface area contributed by atoms with Gasteiger partial charge in [-0.2, -0.15) is 0 Å². The molecule has 0 aliphatic heterocycles. The van der Waals surface area contributed by atoms with E-state index >= 15 is 0 Å². The topological polar surface area (TPSA) is 67.4 Å². The number of hydrogen-bond donors (Lipinski definition) is 2. The van der Waals surface area contributed by atoms with Crippen LogP contribution in [0.2, 0.25) is 5.02 Å². The predicted molar refractivity (Wildman–Crippen MR) is 89.2 cm³/mol. The van der Waals surface area contributed by atoms with Crippen molar-refractivity contribution in [3.63, 3.8) is 0 Å². The molecular weight excluding hydrogens is 354 g/mol. The Labute approximate surface area is 147 Å². The smallest absolute Gasteiger partial charge is 0.313 e. The molecule has 0 aliphatic rings. The van der Waals surface area contributed by atoms with Gasteiger partial charge in [0.1, 0.15) is 17.7 Å². The van der Waals surface area contributed by atoms with Gasteiger partial charge in [0.15, 0.2) is 0 Å². The van der Waals surface area contributed by atoms with E-state index in [4.69, 9.17) is 16.3 Å². The first kappa shape index (κ1) is 18.8. The minimum Gasteiger partial charge on any atom is -0.375 e. The molecule has 0 aliphatic carbocycles. The van der Waals surface area contributed by atoms with Crippen LogP contribution in [0, 0.1) is 11.6 Å². The molecule has 0 saturated carbocycles. The fraction of sp³-hybridized carbons (Fsp3) is 0.176. The molecular formula is C17H15ClF2N2O3. The first-order valence-electron chi connectivity index (χ1n) is 7.24. The van der Waals surface area contributed by atoms with Crippen LogP contribution in [0.25, 0.3) is 0 Å². The number of halogens is 3. The molecule has 25 heavy (non-hydrogen) atoms. The number of anilines is 1.